The molecule has 0 fully saturated rings. The number of benzene rings is 2. The van der Waals surface area contributed by atoms with E-state index in [9.17, 15) is 18.4 Å². The lowest BCUT2D eigenvalue weighted by Gasteiger charge is -2.08. The summed E-state index contributed by atoms with van der Waals surface area (Å²) in [6.45, 7) is 0. The Morgan fingerprint density at radius 2 is 1.57 bits per heavy atom. The zero-order chi connectivity index (χ0) is 16.2. The minimum Gasteiger partial charge on any atom is -0.791 e. The predicted molar refractivity (Wildman–Crippen MR) is 79.0 cm³/mol. The first kappa shape index (κ1) is 13.7. The van der Waals surface area contributed by atoms with Crippen molar-refractivity contribution in [2.75, 3.05) is 0 Å². The quantitative estimate of drug-likeness (QED) is 0.461. The van der Waals surface area contributed by atoms with Crippen LogP contribution in [-0.2, 0) is 6.18 Å². The standard InChI is InChI=1S/C16H8F3N3O/c17-16(18,19)8-5-6-11-12(7-8)21-15-13(20-11)9-3-1-2-4-10(9)14(15)22-23/h1-7,23H/p-1/b22-14-. The number of rotatable bonds is 0. The first-order chi connectivity index (χ1) is 11.0. The summed E-state index contributed by atoms with van der Waals surface area (Å²) in [4.78, 5) is 8.57. The Balaban J connectivity index is 2.01. The maximum atomic E-state index is 12.8. The van der Waals surface area contributed by atoms with Crippen LogP contribution in [0.25, 0.3) is 22.3 Å². The normalized spacial score (nSPS) is 15.0. The molecule has 0 saturated carbocycles. The van der Waals surface area contributed by atoms with Crippen LogP contribution in [0.4, 0.5) is 13.2 Å². The maximum Gasteiger partial charge on any atom is 0.416 e. The van der Waals surface area contributed by atoms with Crippen LogP contribution in [-0.4, -0.2) is 15.7 Å². The minimum atomic E-state index is -4.46. The third kappa shape index (κ3) is 1.97. The lowest BCUT2D eigenvalue weighted by atomic mass is 10.1. The van der Waals surface area contributed by atoms with Gasteiger partial charge in [-0.3, -0.25) is 0 Å². The maximum absolute atomic E-state index is 12.8. The second-order valence-corrected chi connectivity index (χ2v) is 5.11. The van der Waals surface area contributed by atoms with Crippen molar-refractivity contribution in [3.8, 4) is 11.3 Å². The molecule has 0 bridgehead atoms. The van der Waals surface area contributed by atoms with Gasteiger partial charge in [0.2, 0.25) is 0 Å². The molecule has 0 saturated heterocycles. The summed E-state index contributed by atoms with van der Waals surface area (Å²) >= 11 is 0. The molecule has 0 spiro atoms. The van der Waals surface area contributed by atoms with Gasteiger partial charge in [-0.05, 0) is 18.2 Å². The van der Waals surface area contributed by atoms with E-state index in [1.54, 1.807) is 24.3 Å². The molecule has 0 amide bonds. The lowest BCUT2D eigenvalue weighted by molar-refractivity contribution is -0.137. The van der Waals surface area contributed by atoms with Crippen molar-refractivity contribution in [3.05, 3.63) is 64.5 Å². The summed E-state index contributed by atoms with van der Waals surface area (Å²) in [6, 6.07) is 10.2. The average Bonchev–Trinajstić information content (AvgIpc) is 2.84. The number of hydrogen-bond donors (Lipinski definition) is 0. The molecular weight excluding hydrogens is 307 g/mol. The molecule has 3 aromatic rings. The van der Waals surface area contributed by atoms with E-state index in [0.29, 0.717) is 22.3 Å². The molecule has 0 unspecified atom stereocenters. The predicted octanol–water partition coefficient (Wildman–Crippen LogP) is 3.96. The van der Waals surface area contributed by atoms with Gasteiger partial charge in [-0.25, -0.2) is 9.97 Å². The average molecular weight is 314 g/mol. The molecule has 114 valence electrons. The monoisotopic (exact) mass is 314 g/mol. The van der Waals surface area contributed by atoms with Crippen LogP contribution >= 0.6 is 0 Å². The smallest absolute Gasteiger partial charge is 0.416 e. The molecule has 4 rings (SSSR count). The van der Waals surface area contributed by atoms with Gasteiger partial charge in [0.1, 0.15) is 5.69 Å². The largest absolute Gasteiger partial charge is 0.791 e. The van der Waals surface area contributed by atoms with Crippen molar-refractivity contribution < 1.29 is 13.2 Å². The van der Waals surface area contributed by atoms with Crippen molar-refractivity contribution in [3.63, 3.8) is 0 Å². The second-order valence-electron chi connectivity index (χ2n) is 5.11. The summed E-state index contributed by atoms with van der Waals surface area (Å²) in [5.74, 6) is 0. The van der Waals surface area contributed by atoms with Crippen molar-refractivity contribution in [2.24, 2.45) is 5.16 Å². The van der Waals surface area contributed by atoms with E-state index < -0.39 is 11.7 Å². The van der Waals surface area contributed by atoms with Crippen molar-refractivity contribution in [1.29, 1.82) is 0 Å². The number of halogens is 3. The number of aromatic nitrogens is 2. The molecule has 1 aliphatic rings. The lowest BCUT2D eigenvalue weighted by Crippen LogP contribution is -2.06. The molecule has 7 heteroatoms. The van der Waals surface area contributed by atoms with Gasteiger partial charge >= 0.3 is 6.18 Å². The Morgan fingerprint density at radius 3 is 2.26 bits per heavy atom. The first-order valence-corrected chi connectivity index (χ1v) is 6.68. The van der Waals surface area contributed by atoms with Gasteiger partial charge < -0.3 is 10.4 Å². The summed E-state index contributed by atoms with van der Waals surface area (Å²) in [6.07, 6.45) is -4.46. The highest BCUT2D eigenvalue weighted by Crippen LogP contribution is 2.36. The van der Waals surface area contributed by atoms with Gasteiger partial charge in [-0.1, -0.05) is 24.3 Å². The third-order valence-electron chi connectivity index (χ3n) is 3.74. The zero-order valence-electron chi connectivity index (χ0n) is 11.4. The van der Waals surface area contributed by atoms with E-state index in [4.69, 9.17) is 0 Å². The summed E-state index contributed by atoms with van der Waals surface area (Å²) in [5.41, 5.74) is 1.66. The van der Waals surface area contributed by atoms with Crippen LogP contribution < -0.4 is 0 Å². The highest BCUT2D eigenvalue weighted by atomic mass is 19.4. The van der Waals surface area contributed by atoms with Crippen LogP contribution in [0, 0.1) is 5.21 Å². The Bertz CT molecular complexity index is 980. The number of nitrogens with zero attached hydrogens (tertiary/aromatic N) is 3. The number of hydrogen-bond acceptors (Lipinski definition) is 4. The van der Waals surface area contributed by atoms with Crippen LogP contribution in [0.5, 0.6) is 0 Å². The summed E-state index contributed by atoms with van der Waals surface area (Å²) in [5, 5.41) is 14.2. The van der Waals surface area contributed by atoms with Gasteiger partial charge in [-0.15, -0.1) is 0 Å². The molecule has 1 heterocycles. The van der Waals surface area contributed by atoms with E-state index in [0.717, 1.165) is 12.1 Å². The van der Waals surface area contributed by atoms with Gasteiger partial charge in [-0.2, -0.15) is 13.2 Å². The molecule has 23 heavy (non-hydrogen) atoms. The number of fused-ring (bicyclic) bond motifs is 4. The van der Waals surface area contributed by atoms with Gasteiger partial charge in [0.15, 0.2) is 0 Å². The molecule has 1 aliphatic carbocycles. The van der Waals surface area contributed by atoms with E-state index in [2.05, 4.69) is 15.1 Å². The van der Waals surface area contributed by atoms with Crippen LogP contribution in [0.2, 0.25) is 0 Å². The Hall–Kier alpha value is -2.96. The van der Waals surface area contributed by atoms with E-state index in [1.807, 2.05) is 0 Å². The third-order valence-corrected chi connectivity index (χ3v) is 3.74. The van der Waals surface area contributed by atoms with E-state index in [-0.39, 0.29) is 16.9 Å². The summed E-state index contributed by atoms with van der Waals surface area (Å²) < 4.78 is 38.5. The molecule has 0 radical (unpaired) electrons. The first-order valence-electron chi connectivity index (χ1n) is 6.68. The molecule has 0 atom stereocenters. The minimum absolute atomic E-state index is 0.0764. The second kappa shape index (κ2) is 4.52. The molecule has 2 aromatic carbocycles. The fourth-order valence-electron chi connectivity index (χ4n) is 2.70. The Kier molecular flexibility index (Phi) is 2.69. The molecule has 0 N–H and O–H groups in total. The molecule has 1 aromatic heterocycles. The van der Waals surface area contributed by atoms with E-state index in [1.165, 1.54) is 6.07 Å². The van der Waals surface area contributed by atoms with Crippen molar-refractivity contribution >= 4 is 16.7 Å². The van der Waals surface area contributed by atoms with Crippen LogP contribution in [0.15, 0.2) is 47.6 Å². The van der Waals surface area contributed by atoms with Crippen molar-refractivity contribution in [2.45, 2.75) is 6.18 Å². The topological polar surface area (TPSA) is 61.2 Å². The van der Waals surface area contributed by atoms with Gasteiger partial charge in [0.05, 0.1) is 28.0 Å². The molecule has 0 aliphatic heterocycles. The highest BCUT2D eigenvalue weighted by Gasteiger charge is 2.32. The molecular formula is C16H7F3N3O-. The van der Waals surface area contributed by atoms with Gasteiger partial charge in [0, 0.05) is 11.1 Å². The van der Waals surface area contributed by atoms with Crippen molar-refractivity contribution in [1.82, 2.24) is 9.97 Å². The fourth-order valence-corrected chi connectivity index (χ4v) is 2.70. The van der Waals surface area contributed by atoms with Crippen LogP contribution in [0.3, 0.4) is 0 Å². The summed E-state index contributed by atoms with van der Waals surface area (Å²) in [7, 11) is 0. The van der Waals surface area contributed by atoms with E-state index >= 15 is 0 Å². The SMILES string of the molecule is [O-]/N=C1/c2ccccc2-c2nc3ccc(C(F)(F)F)cc3nc21. The number of alkyl halides is 3. The van der Waals surface area contributed by atoms with Crippen LogP contribution in [0.1, 0.15) is 16.8 Å². The van der Waals surface area contributed by atoms with Gasteiger partial charge in [0.25, 0.3) is 0 Å². The Morgan fingerprint density at radius 1 is 0.870 bits per heavy atom. The highest BCUT2D eigenvalue weighted by molar-refractivity contribution is 6.23. The zero-order valence-corrected chi connectivity index (χ0v) is 11.4. The fraction of sp³-hybridized carbons (Fsp3) is 0.0625. The molecule has 4 nitrogen and oxygen atoms in total. The Labute approximate surface area is 127 Å².